The van der Waals surface area contributed by atoms with Crippen LogP contribution in [0.15, 0.2) is 24.3 Å². The number of aryl methyl sites for hydroxylation is 1. The molecule has 0 radical (unpaired) electrons. The predicted octanol–water partition coefficient (Wildman–Crippen LogP) is 2.86. The van der Waals surface area contributed by atoms with Crippen molar-refractivity contribution in [1.82, 2.24) is 10.2 Å². The monoisotopic (exact) mass is 260 g/mol. The van der Waals surface area contributed by atoms with Crippen LogP contribution in [0, 0.1) is 12.8 Å². The number of hydrogen-bond acceptors (Lipinski definition) is 2. The molecule has 2 rings (SSSR count). The van der Waals surface area contributed by atoms with Gasteiger partial charge in [-0.1, -0.05) is 31.2 Å². The van der Waals surface area contributed by atoms with Crippen molar-refractivity contribution in [3.8, 4) is 0 Å². The largest absolute Gasteiger partial charge is 0.317 e. The van der Waals surface area contributed by atoms with Crippen LogP contribution in [0.2, 0.25) is 0 Å². The van der Waals surface area contributed by atoms with Gasteiger partial charge in [0.1, 0.15) is 0 Å². The first-order chi connectivity index (χ1) is 9.29. The van der Waals surface area contributed by atoms with Crippen LogP contribution in [0.3, 0.4) is 0 Å². The van der Waals surface area contributed by atoms with Crippen LogP contribution in [0.4, 0.5) is 0 Å². The Bertz CT molecular complexity index is 375. The van der Waals surface area contributed by atoms with Crippen molar-refractivity contribution in [3.05, 3.63) is 35.4 Å². The molecule has 0 saturated carbocycles. The van der Waals surface area contributed by atoms with Gasteiger partial charge in [0.2, 0.25) is 0 Å². The summed E-state index contributed by atoms with van der Waals surface area (Å²) in [5.74, 6) is 0.852. The zero-order chi connectivity index (χ0) is 13.5. The van der Waals surface area contributed by atoms with Crippen molar-refractivity contribution in [2.75, 3.05) is 32.7 Å². The number of rotatable bonds is 6. The quantitative estimate of drug-likeness (QED) is 0.846. The average molecular weight is 260 g/mol. The highest BCUT2D eigenvalue weighted by atomic mass is 15.1. The molecule has 2 nitrogen and oxygen atoms in total. The Morgan fingerprint density at radius 3 is 2.95 bits per heavy atom. The second kappa shape index (κ2) is 7.66. The molecule has 1 aliphatic rings. The number of likely N-dealkylation sites (tertiary alicyclic amines) is 1. The lowest BCUT2D eigenvalue weighted by Gasteiger charge is -2.33. The molecular formula is C17H28N2. The van der Waals surface area contributed by atoms with Gasteiger partial charge in [-0.15, -0.1) is 0 Å². The lowest BCUT2D eigenvalue weighted by molar-refractivity contribution is 0.174. The molecule has 0 aromatic heterocycles. The minimum atomic E-state index is 0.852. The molecule has 106 valence electrons. The minimum absolute atomic E-state index is 0.852. The van der Waals surface area contributed by atoms with E-state index < -0.39 is 0 Å². The highest BCUT2D eigenvalue weighted by Gasteiger charge is 2.19. The van der Waals surface area contributed by atoms with Crippen molar-refractivity contribution >= 4 is 0 Å². The molecule has 0 amide bonds. The van der Waals surface area contributed by atoms with Gasteiger partial charge in [-0.3, -0.25) is 0 Å². The molecule has 0 bridgehead atoms. The molecule has 0 aliphatic carbocycles. The fourth-order valence-electron chi connectivity index (χ4n) is 3.04. The number of benzene rings is 1. The van der Waals surface area contributed by atoms with Crippen LogP contribution in [-0.4, -0.2) is 37.6 Å². The number of nitrogens with zero attached hydrogens (tertiary/aromatic N) is 1. The number of piperidine rings is 1. The van der Waals surface area contributed by atoms with Gasteiger partial charge in [0.25, 0.3) is 0 Å². The fourth-order valence-corrected chi connectivity index (χ4v) is 3.04. The summed E-state index contributed by atoms with van der Waals surface area (Å²) < 4.78 is 0. The van der Waals surface area contributed by atoms with E-state index in [0.717, 1.165) is 12.5 Å². The molecule has 1 saturated heterocycles. The SMILES string of the molecule is CCNCC1CCCN(CCc2ccccc2C)C1. The van der Waals surface area contributed by atoms with Gasteiger partial charge in [-0.05, 0) is 62.9 Å². The standard InChI is InChI=1S/C17H28N2/c1-3-18-13-16-8-6-11-19(14-16)12-10-17-9-5-4-7-15(17)2/h4-5,7,9,16,18H,3,6,8,10-14H2,1-2H3. The topological polar surface area (TPSA) is 15.3 Å². The van der Waals surface area contributed by atoms with Gasteiger partial charge < -0.3 is 10.2 Å². The Morgan fingerprint density at radius 2 is 2.16 bits per heavy atom. The lowest BCUT2D eigenvalue weighted by Crippen LogP contribution is -2.40. The van der Waals surface area contributed by atoms with Crippen LogP contribution in [-0.2, 0) is 6.42 Å². The van der Waals surface area contributed by atoms with E-state index in [4.69, 9.17) is 0 Å². The molecule has 19 heavy (non-hydrogen) atoms. The molecule has 1 heterocycles. The van der Waals surface area contributed by atoms with E-state index in [1.165, 1.54) is 56.6 Å². The van der Waals surface area contributed by atoms with Gasteiger partial charge in [-0.25, -0.2) is 0 Å². The highest BCUT2D eigenvalue weighted by Crippen LogP contribution is 2.17. The first-order valence-corrected chi connectivity index (χ1v) is 7.77. The number of hydrogen-bond donors (Lipinski definition) is 1. The summed E-state index contributed by atoms with van der Waals surface area (Å²) in [5, 5.41) is 3.49. The smallest absolute Gasteiger partial charge is 0.00220 e. The molecular weight excluding hydrogens is 232 g/mol. The van der Waals surface area contributed by atoms with Gasteiger partial charge >= 0.3 is 0 Å². The van der Waals surface area contributed by atoms with Crippen LogP contribution < -0.4 is 5.32 Å². The Labute approximate surface area is 118 Å². The zero-order valence-electron chi connectivity index (χ0n) is 12.5. The molecule has 0 spiro atoms. The van der Waals surface area contributed by atoms with Gasteiger partial charge in [0, 0.05) is 13.1 Å². The molecule has 1 aromatic rings. The third kappa shape index (κ3) is 4.63. The zero-order valence-corrected chi connectivity index (χ0v) is 12.5. The second-order valence-corrected chi connectivity index (χ2v) is 5.79. The molecule has 1 aliphatic heterocycles. The van der Waals surface area contributed by atoms with E-state index in [2.05, 4.69) is 48.3 Å². The van der Waals surface area contributed by atoms with E-state index in [1.807, 2.05) is 0 Å². The van der Waals surface area contributed by atoms with Crippen molar-refractivity contribution in [1.29, 1.82) is 0 Å². The van der Waals surface area contributed by atoms with E-state index >= 15 is 0 Å². The lowest BCUT2D eigenvalue weighted by atomic mass is 9.97. The first-order valence-electron chi connectivity index (χ1n) is 7.77. The van der Waals surface area contributed by atoms with Crippen LogP contribution in [0.1, 0.15) is 30.9 Å². The number of nitrogens with one attached hydrogen (secondary N) is 1. The summed E-state index contributed by atoms with van der Waals surface area (Å²) >= 11 is 0. The molecule has 1 N–H and O–H groups in total. The summed E-state index contributed by atoms with van der Waals surface area (Å²) in [6, 6.07) is 8.79. The molecule has 1 unspecified atom stereocenters. The predicted molar refractivity (Wildman–Crippen MR) is 82.6 cm³/mol. The minimum Gasteiger partial charge on any atom is -0.317 e. The van der Waals surface area contributed by atoms with Crippen LogP contribution >= 0.6 is 0 Å². The van der Waals surface area contributed by atoms with Gasteiger partial charge in [0.05, 0.1) is 0 Å². The highest BCUT2D eigenvalue weighted by molar-refractivity contribution is 5.25. The van der Waals surface area contributed by atoms with Crippen molar-refractivity contribution < 1.29 is 0 Å². The molecule has 1 aromatic carbocycles. The normalized spacial score (nSPS) is 20.6. The fraction of sp³-hybridized carbons (Fsp3) is 0.647. The van der Waals surface area contributed by atoms with Crippen LogP contribution in [0.5, 0.6) is 0 Å². The Hall–Kier alpha value is -0.860. The van der Waals surface area contributed by atoms with Crippen molar-refractivity contribution in [3.63, 3.8) is 0 Å². The molecule has 1 atom stereocenters. The molecule has 1 fully saturated rings. The third-order valence-electron chi connectivity index (χ3n) is 4.24. The van der Waals surface area contributed by atoms with Gasteiger partial charge in [0.15, 0.2) is 0 Å². The first kappa shape index (κ1) is 14.5. The Morgan fingerprint density at radius 1 is 1.32 bits per heavy atom. The molecule has 2 heteroatoms. The van der Waals surface area contributed by atoms with E-state index in [1.54, 1.807) is 0 Å². The van der Waals surface area contributed by atoms with E-state index in [-0.39, 0.29) is 0 Å². The maximum Gasteiger partial charge on any atom is 0.00220 e. The summed E-state index contributed by atoms with van der Waals surface area (Å²) in [6.07, 6.45) is 3.96. The summed E-state index contributed by atoms with van der Waals surface area (Å²) in [5.41, 5.74) is 2.94. The van der Waals surface area contributed by atoms with E-state index in [9.17, 15) is 0 Å². The van der Waals surface area contributed by atoms with E-state index in [0.29, 0.717) is 0 Å². The van der Waals surface area contributed by atoms with Crippen LogP contribution in [0.25, 0.3) is 0 Å². The Kier molecular flexibility index (Phi) is 5.87. The second-order valence-electron chi connectivity index (χ2n) is 5.79. The maximum atomic E-state index is 3.49. The van der Waals surface area contributed by atoms with Crippen molar-refractivity contribution in [2.45, 2.75) is 33.1 Å². The van der Waals surface area contributed by atoms with Gasteiger partial charge in [-0.2, -0.15) is 0 Å². The summed E-state index contributed by atoms with van der Waals surface area (Å²) in [7, 11) is 0. The maximum absolute atomic E-state index is 3.49. The Balaban J connectivity index is 1.78. The third-order valence-corrected chi connectivity index (χ3v) is 4.24. The summed E-state index contributed by atoms with van der Waals surface area (Å²) in [4.78, 5) is 2.65. The average Bonchev–Trinajstić information content (AvgIpc) is 2.45. The summed E-state index contributed by atoms with van der Waals surface area (Å²) in [6.45, 7) is 10.5. The van der Waals surface area contributed by atoms with Crippen molar-refractivity contribution in [2.24, 2.45) is 5.92 Å².